The summed E-state index contributed by atoms with van der Waals surface area (Å²) < 4.78 is 18.6. The molecule has 98 valence electrons. The van der Waals surface area contributed by atoms with Gasteiger partial charge in [0.05, 0.1) is 6.61 Å². The summed E-state index contributed by atoms with van der Waals surface area (Å²) in [4.78, 5) is 10.5. The molecule has 3 nitrogen and oxygen atoms in total. The normalized spacial score (nSPS) is 11.1. The Morgan fingerprint density at radius 2 is 2.22 bits per heavy atom. The van der Waals surface area contributed by atoms with Crippen LogP contribution in [-0.4, -0.2) is 17.7 Å². The summed E-state index contributed by atoms with van der Waals surface area (Å²) >= 11 is 0. The van der Waals surface area contributed by atoms with Crippen LogP contribution in [0.2, 0.25) is 0 Å². The minimum Gasteiger partial charge on any atom is -0.493 e. The number of ether oxygens (including phenoxy) is 1. The molecule has 0 saturated carbocycles. The topological polar surface area (TPSA) is 46.5 Å². The first-order valence-corrected chi connectivity index (χ1v) is 5.82. The van der Waals surface area contributed by atoms with E-state index in [0.29, 0.717) is 23.8 Å². The summed E-state index contributed by atoms with van der Waals surface area (Å²) in [6.45, 7) is 4.69. The van der Waals surface area contributed by atoms with Crippen LogP contribution >= 0.6 is 0 Å². The monoisotopic (exact) mass is 252 g/mol. The van der Waals surface area contributed by atoms with E-state index in [1.54, 1.807) is 0 Å². The van der Waals surface area contributed by atoms with Crippen molar-refractivity contribution >= 4 is 12.0 Å². The third-order valence-electron chi connectivity index (χ3n) is 2.33. The first kappa shape index (κ1) is 14.2. The molecule has 0 unspecified atom stereocenters. The van der Waals surface area contributed by atoms with Crippen molar-refractivity contribution in [2.24, 2.45) is 5.92 Å². The smallest absolute Gasteiger partial charge is 0.328 e. The molecule has 1 rings (SSSR count). The van der Waals surface area contributed by atoms with Gasteiger partial charge in [-0.1, -0.05) is 13.8 Å². The van der Waals surface area contributed by atoms with Gasteiger partial charge in [0.15, 0.2) is 0 Å². The van der Waals surface area contributed by atoms with Gasteiger partial charge in [0.1, 0.15) is 11.6 Å². The quantitative estimate of drug-likeness (QED) is 0.790. The number of benzene rings is 1. The molecule has 1 N–H and O–H groups in total. The van der Waals surface area contributed by atoms with Gasteiger partial charge < -0.3 is 9.84 Å². The number of carboxylic acids is 1. The molecule has 0 aliphatic heterocycles. The van der Waals surface area contributed by atoms with Crippen molar-refractivity contribution in [2.75, 3.05) is 6.61 Å². The highest BCUT2D eigenvalue weighted by Crippen LogP contribution is 2.21. The molecular weight excluding hydrogens is 235 g/mol. The largest absolute Gasteiger partial charge is 0.493 e. The standard InChI is InChI=1S/C14H17FO3/c1-10(2)7-8-18-13-5-4-12(15)9-11(13)3-6-14(16)17/h3-6,9-10H,7-8H2,1-2H3,(H,16,17)/b6-3+. The molecule has 0 aliphatic rings. The summed E-state index contributed by atoms with van der Waals surface area (Å²) in [6.07, 6.45) is 3.18. The van der Waals surface area contributed by atoms with Gasteiger partial charge in [-0.3, -0.25) is 0 Å². The second-order valence-electron chi connectivity index (χ2n) is 4.38. The van der Waals surface area contributed by atoms with Gasteiger partial charge in [0.2, 0.25) is 0 Å². The molecule has 0 aromatic heterocycles. The van der Waals surface area contributed by atoms with E-state index < -0.39 is 11.8 Å². The maximum Gasteiger partial charge on any atom is 0.328 e. The van der Waals surface area contributed by atoms with Crippen LogP contribution in [0, 0.1) is 11.7 Å². The molecule has 0 amide bonds. The minimum atomic E-state index is -1.08. The van der Waals surface area contributed by atoms with Crippen molar-refractivity contribution in [1.29, 1.82) is 0 Å². The van der Waals surface area contributed by atoms with Crippen LogP contribution in [0.3, 0.4) is 0 Å². The molecule has 18 heavy (non-hydrogen) atoms. The molecule has 0 aliphatic carbocycles. The zero-order chi connectivity index (χ0) is 13.5. The van der Waals surface area contributed by atoms with Gasteiger partial charge in [-0.2, -0.15) is 0 Å². The SMILES string of the molecule is CC(C)CCOc1ccc(F)cc1/C=C/C(=O)O. The zero-order valence-corrected chi connectivity index (χ0v) is 10.5. The van der Waals surface area contributed by atoms with Crippen LogP contribution in [0.5, 0.6) is 5.75 Å². The molecule has 0 atom stereocenters. The van der Waals surface area contributed by atoms with E-state index in [1.165, 1.54) is 24.3 Å². The fourth-order valence-corrected chi connectivity index (χ4v) is 1.35. The fourth-order valence-electron chi connectivity index (χ4n) is 1.35. The van der Waals surface area contributed by atoms with Gasteiger partial charge in [0.25, 0.3) is 0 Å². The van der Waals surface area contributed by atoms with Crippen molar-refractivity contribution in [3.63, 3.8) is 0 Å². The maximum atomic E-state index is 13.1. The average Bonchev–Trinajstić information content (AvgIpc) is 2.28. The number of halogens is 1. The maximum absolute atomic E-state index is 13.1. The van der Waals surface area contributed by atoms with Crippen molar-refractivity contribution in [2.45, 2.75) is 20.3 Å². The highest BCUT2D eigenvalue weighted by atomic mass is 19.1. The predicted octanol–water partition coefficient (Wildman–Crippen LogP) is 3.35. The van der Waals surface area contributed by atoms with Crippen molar-refractivity contribution in [3.05, 3.63) is 35.7 Å². The summed E-state index contributed by atoms with van der Waals surface area (Å²) in [5.74, 6) is -0.485. The van der Waals surface area contributed by atoms with Crippen LogP contribution in [-0.2, 0) is 4.79 Å². The number of rotatable bonds is 6. The second kappa shape index (κ2) is 6.79. The molecule has 1 aromatic carbocycles. The summed E-state index contributed by atoms with van der Waals surface area (Å²) in [7, 11) is 0. The fraction of sp³-hybridized carbons (Fsp3) is 0.357. The highest BCUT2D eigenvalue weighted by Gasteiger charge is 2.04. The molecule has 0 fully saturated rings. The molecule has 1 aromatic rings. The van der Waals surface area contributed by atoms with Crippen molar-refractivity contribution < 1.29 is 19.0 Å². The molecule has 0 radical (unpaired) electrons. The minimum absolute atomic E-state index is 0.420. The van der Waals surface area contributed by atoms with E-state index >= 15 is 0 Å². The third kappa shape index (κ3) is 4.99. The van der Waals surface area contributed by atoms with Gasteiger partial charge in [-0.05, 0) is 36.6 Å². The first-order valence-electron chi connectivity index (χ1n) is 5.82. The lowest BCUT2D eigenvalue weighted by molar-refractivity contribution is -0.131. The van der Waals surface area contributed by atoms with E-state index in [-0.39, 0.29) is 0 Å². The second-order valence-corrected chi connectivity index (χ2v) is 4.38. The van der Waals surface area contributed by atoms with E-state index in [9.17, 15) is 9.18 Å². The van der Waals surface area contributed by atoms with Crippen molar-refractivity contribution in [3.8, 4) is 5.75 Å². The Morgan fingerprint density at radius 3 is 2.83 bits per heavy atom. The van der Waals surface area contributed by atoms with E-state index in [2.05, 4.69) is 13.8 Å². The van der Waals surface area contributed by atoms with E-state index in [4.69, 9.17) is 9.84 Å². The number of hydrogen-bond acceptors (Lipinski definition) is 2. The zero-order valence-electron chi connectivity index (χ0n) is 10.5. The van der Waals surface area contributed by atoms with Crippen LogP contribution in [0.4, 0.5) is 4.39 Å². The van der Waals surface area contributed by atoms with Gasteiger partial charge >= 0.3 is 5.97 Å². The van der Waals surface area contributed by atoms with Gasteiger partial charge in [-0.15, -0.1) is 0 Å². The molecule has 0 heterocycles. The third-order valence-corrected chi connectivity index (χ3v) is 2.33. The number of carboxylic acid groups (broad SMARTS) is 1. The van der Waals surface area contributed by atoms with E-state index in [0.717, 1.165) is 12.5 Å². The predicted molar refractivity (Wildman–Crippen MR) is 68.0 cm³/mol. The number of carbonyl (C=O) groups is 1. The summed E-state index contributed by atoms with van der Waals surface area (Å²) in [5.41, 5.74) is 0.432. The van der Waals surface area contributed by atoms with Gasteiger partial charge in [-0.25, -0.2) is 9.18 Å². The van der Waals surface area contributed by atoms with E-state index in [1.807, 2.05) is 0 Å². The number of hydrogen-bond donors (Lipinski definition) is 1. The number of aliphatic carboxylic acids is 1. The molecular formula is C14H17FO3. The van der Waals surface area contributed by atoms with Gasteiger partial charge in [0, 0.05) is 11.6 Å². The van der Waals surface area contributed by atoms with Crippen LogP contribution < -0.4 is 4.74 Å². The van der Waals surface area contributed by atoms with Crippen molar-refractivity contribution in [1.82, 2.24) is 0 Å². The molecule has 0 spiro atoms. The lowest BCUT2D eigenvalue weighted by Gasteiger charge is -2.10. The first-order chi connectivity index (χ1) is 8.49. The Balaban J connectivity index is 2.79. The Bertz CT molecular complexity index is 439. The lowest BCUT2D eigenvalue weighted by atomic mass is 10.1. The summed E-state index contributed by atoms with van der Waals surface area (Å²) in [5, 5.41) is 8.56. The average molecular weight is 252 g/mol. The Kier molecular flexibility index (Phi) is 5.36. The van der Waals surface area contributed by atoms with Crippen LogP contribution in [0.15, 0.2) is 24.3 Å². The molecule has 4 heteroatoms. The Labute approximate surface area is 106 Å². The summed E-state index contributed by atoms with van der Waals surface area (Å²) in [6, 6.07) is 4.06. The molecule has 0 saturated heterocycles. The van der Waals surface area contributed by atoms with Crippen LogP contribution in [0.25, 0.3) is 6.08 Å². The highest BCUT2D eigenvalue weighted by molar-refractivity contribution is 5.85. The lowest BCUT2D eigenvalue weighted by Crippen LogP contribution is -2.02. The molecule has 0 bridgehead atoms. The Hall–Kier alpha value is -1.84. The Morgan fingerprint density at radius 1 is 1.50 bits per heavy atom. The van der Waals surface area contributed by atoms with Crippen LogP contribution in [0.1, 0.15) is 25.8 Å².